The molecule has 1 N–H and O–H groups in total. The lowest BCUT2D eigenvalue weighted by Gasteiger charge is -2.14. The maximum Gasteiger partial charge on any atom is 0.269 e. The van der Waals surface area contributed by atoms with Gasteiger partial charge in [0.05, 0.1) is 10.7 Å². The third-order valence-corrected chi connectivity index (χ3v) is 5.58. The van der Waals surface area contributed by atoms with Crippen LogP contribution >= 0.6 is 11.8 Å². The summed E-state index contributed by atoms with van der Waals surface area (Å²) in [4.78, 5) is 25.6. The van der Waals surface area contributed by atoms with Crippen molar-refractivity contribution in [2.75, 3.05) is 30.7 Å². The fourth-order valence-electron chi connectivity index (χ4n) is 3.06. The number of non-ortho nitro benzene ring substituents is 1. The maximum absolute atomic E-state index is 12.1. The van der Waals surface area contributed by atoms with E-state index in [1.54, 1.807) is 12.1 Å². The van der Waals surface area contributed by atoms with Crippen LogP contribution in [0.15, 0.2) is 53.4 Å². The molecular weight excluding hydrogens is 362 g/mol. The molecule has 1 aliphatic heterocycles. The van der Waals surface area contributed by atoms with Crippen molar-refractivity contribution < 1.29 is 9.72 Å². The van der Waals surface area contributed by atoms with E-state index in [9.17, 15) is 14.9 Å². The van der Waals surface area contributed by atoms with E-state index in [0.717, 1.165) is 23.5 Å². The summed E-state index contributed by atoms with van der Waals surface area (Å²) in [5, 5.41) is 13.5. The first-order valence-corrected chi connectivity index (χ1v) is 10.1. The Morgan fingerprint density at radius 3 is 2.37 bits per heavy atom. The average molecular weight is 385 g/mol. The van der Waals surface area contributed by atoms with E-state index in [1.807, 2.05) is 12.1 Å². The standard InChI is InChI=1S/C20H23N3O3S/c24-20(15-27-19-9-7-18(8-10-19)23(25)26)21-17-5-3-16(4-6-17)11-14-22-12-1-2-13-22/h3-10H,1-2,11-15H2,(H,21,24). The van der Waals surface area contributed by atoms with Crippen LogP contribution in [-0.2, 0) is 11.2 Å². The van der Waals surface area contributed by atoms with Crippen molar-refractivity contribution in [3.8, 4) is 0 Å². The van der Waals surface area contributed by atoms with Crippen molar-refractivity contribution in [2.45, 2.75) is 24.2 Å². The summed E-state index contributed by atoms with van der Waals surface area (Å²) in [6.45, 7) is 3.51. The summed E-state index contributed by atoms with van der Waals surface area (Å²) in [7, 11) is 0. The lowest BCUT2D eigenvalue weighted by atomic mass is 10.1. The molecule has 0 radical (unpaired) electrons. The zero-order chi connectivity index (χ0) is 19.1. The fourth-order valence-corrected chi connectivity index (χ4v) is 3.76. The van der Waals surface area contributed by atoms with Crippen LogP contribution in [0.5, 0.6) is 0 Å². The van der Waals surface area contributed by atoms with Gasteiger partial charge in [0.2, 0.25) is 5.91 Å². The van der Waals surface area contributed by atoms with Crippen LogP contribution in [0.25, 0.3) is 0 Å². The van der Waals surface area contributed by atoms with Crippen LogP contribution in [0.4, 0.5) is 11.4 Å². The van der Waals surface area contributed by atoms with Crippen LogP contribution in [-0.4, -0.2) is 41.1 Å². The Kier molecular flexibility index (Phi) is 6.84. The van der Waals surface area contributed by atoms with Gasteiger partial charge in [-0.1, -0.05) is 12.1 Å². The van der Waals surface area contributed by atoms with Crippen molar-refractivity contribution in [1.82, 2.24) is 4.90 Å². The number of carbonyl (C=O) groups is 1. The Bertz CT molecular complexity index is 772. The molecule has 1 heterocycles. The first-order chi connectivity index (χ1) is 13.1. The number of benzene rings is 2. The molecule has 0 saturated carbocycles. The number of nitrogens with zero attached hydrogens (tertiary/aromatic N) is 2. The van der Waals surface area contributed by atoms with Gasteiger partial charge in [-0.2, -0.15) is 0 Å². The van der Waals surface area contributed by atoms with Crippen LogP contribution in [0.2, 0.25) is 0 Å². The van der Waals surface area contributed by atoms with Gasteiger partial charge in [-0.05, 0) is 62.2 Å². The summed E-state index contributed by atoms with van der Waals surface area (Å²) in [6, 6.07) is 14.2. The molecule has 6 nitrogen and oxygen atoms in total. The molecule has 27 heavy (non-hydrogen) atoms. The number of thioether (sulfide) groups is 1. The van der Waals surface area contributed by atoms with Gasteiger partial charge in [0.1, 0.15) is 0 Å². The third kappa shape index (κ3) is 6.08. The van der Waals surface area contributed by atoms with Crippen molar-refractivity contribution >= 4 is 29.0 Å². The normalized spacial score (nSPS) is 14.2. The maximum atomic E-state index is 12.1. The Balaban J connectivity index is 1.42. The van der Waals surface area contributed by atoms with Gasteiger partial charge in [-0.3, -0.25) is 14.9 Å². The minimum Gasteiger partial charge on any atom is -0.325 e. The predicted molar refractivity (Wildman–Crippen MR) is 108 cm³/mol. The number of hydrogen-bond donors (Lipinski definition) is 1. The van der Waals surface area contributed by atoms with Crippen LogP contribution in [0.1, 0.15) is 18.4 Å². The number of likely N-dealkylation sites (tertiary alicyclic amines) is 1. The molecule has 0 atom stereocenters. The first-order valence-electron chi connectivity index (χ1n) is 9.08. The monoisotopic (exact) mass is 385 g/mol. The number of anilines is 1. The van der Waals surface area contributed by atoms with Crippen molar-refractivity contribution in [1.29, 1.82) is 0 Å². The molecule has 0 bridgehead atoms. The summed E-state index contributed by atoms with van der Waals surface area (Å²) < 4.78 is 0. The molecular formula is C20H23N3O3S. The molecule has 2 aromatic rings. The molecule has 0 aromatic heterocycles. The quantitative estimate of drug-likeness (QED) is 0.423. The molecule has 142 valence electrons. The molecule has 0 unspecified atom stereocenters. The summed E-state index contributed by atoms with van der Waals surface area (Å²) in [6.07, 6.45) is 3.65. The Hall–Kier alpha value is -2.38. The highest BCUT2D eigenvalue weighted by atomic mass is 32.2. The number of carbonyl (C=O) groups excluding carboxylic acids is 1. The lowest BCUT2D eigenvalue weighted by Crippen LogP contribution is -2.21. The molecule has 1 saturated heterocycles. The highest BCUT2D eigenvalue weighted by molar-refractivity contribution is 8.00. The van der Waals surface area contributed by atoms with E-state index >= 15 is 0 Å². The van der Waals surface area contributed by atoms with E-state index in [4.69, 9.17) is 0 Å². The van der Waals surface area contributed by atoms with Gasteiger partial charge in [-0.15, -0.1) is 11.8 Å². The number of amides is 1. The number of nitro groups is 1. The van der Waals surface area contributed by atoms with Crippen LogP contribution in [0, 0.1) is 10.1 Å². The van der Waals surface area contributed by atoms with E-state index in [1.165, 1.54) is 55.4 Å². The van der Waals surface area contributed by atoms with Crippen LogP contribution in [0.3, 0.4) is 0 Å². The Morgan fingerprint density at radius 2 is 1.74 bits per heavy atom. The Morgan fingerprint density at radius 1 is 1.07 bits per heavy atom. The highest BCUT2D eigenvalue weighted by Gasteiger charge is 2.11. The minimum atomic E-state index is -0.435. The zero-order valence-electron chi connectivity index (χ0n) is 15.1. The largest absolute Gasteiger partial charge is 0.325 e. The number of nitro benzene ring substituents is 1. The second-order valence-electron chi connectivity index (χ2n) is 6.58. The van der Waals surface area contributed by atoms with Gasteiger partial charge in [-0.25, -0.2) is 0 Å². The molecule has 1 aliphatic rings. The van der Waals surface area contributed by atoms with Crippen molar-refractivity contribution in [2.24, 2.45) is 0 Å². The second-order valence-corrected chi connectivity index (χ2v) is 7.63. The molecule has 1 fully saturated rings. The summed E-state index contributed by atoms with van der Waals surface area (Å²) >= 11 is 1.35. The van der Waals surface area contributed by atoms with Gasteiger partial charge >= 0.3 is 0 Å². The smallest absolute Gasteiger partial charge is 0.269 e. The topological polar surface area (TPSA) is 75.5 Å². The van der Waals surface area contributed by atoms with Gasteiger partial charge in [0.25, 0.3) is 5.69 Å². The van der Waals surface area contributed by atoms with E-state index in [2.05, 4.69) is 22.3 Å². The molecule has 7 heteroatoms. The van der Waals surface area contributed by atoms with Gasteiger partial charge in [0.15, 0.2) is 0 Å². The predicted octanol–water partition coefficient (Wildman–Crippen LogP) is 3.96. The fraction of sp³-hybridized carbons (Fsp3) is 0.350. The molecule has 1 amide bonds. The van der Waals surface area contributed by atoms with Gasteiger partial charge in [0, 0.05) is 29.3 Å². The lowest BCUT2D eigenvalue weighted by molar-refractivity contribution is -0.384. The molecule has 0 aliphatic carbocycles. The first kappa shape index (κ1) is 19.4. The van der Waals surface area contributed by atoms with Crippen molar-refractivity contribution in [3.63, 3.8) is 0 Å². The molecule has 3 rings (SSSR count). The molecule has 0 spiro atoms. The zero-order valence-corrected chi connectivity index (χ0v) is 15.9. The highest BCUT2D eigenvalue weighted by Crippen LogP contribution is 2.21. The third-order valence-electron chi connectivity index (χ3n) is 4.57. The molecule has 2 aromatic carbocycles. The Labute approximate surface area is 163 Å². The van der Waals surface area contributed by atoms with Crippen molar-refractivity contribution in [3.05, 3.63) is 64.2 Å². The van der Waals surface area contributed by atoms with E-state index in [0.29, 0.717) is 0 Å². The van der Waals surface area contributed by atoms with Gasteiger partial charge < -0.3 is 10.2 Å². The van der Waals surface area contributed by atoms with Crippen LogP contribution < -0.4 is 5.32 Å². The number of nitrogens with one attached hydrogen (secondary N) is 1. The number of rotatable bonds is 8. The van der Waals surface area contributed by atoms with E-state index in [-0.39, 0.29) is 17.3 Å². The van der Waals surface area contributed by atoms with E-state index < -0.39 is 4.92 Å². The minimum absolute atomic E-state index is 0.0497. The average Bonchev–Trinajstić information content (AvgIpc) is 3.20. The number of hydrogen-bond acceptors (Lipinski definition) is 5. The summed E-state index contributed by atoms with van der Waals surface area (Å²) in [5.74, 6) is 0.164. The second kappa shape index (κ2) is 9.53. The SMILES string of the molecule is O=C(CSc1ccc([N+](=O)[O-])cc1)Nc1ccc(CCN2CCCC2)cc1. The summed E-state index contributed by atoms with van der Waals surface area (Å²) in [5.41, 5.74) is 2.11.